The Morgan fingerprint density at radius 2 is 1.56 bits per heavy atom. The summed E-state index contributed by atoms with van der Waals surface area (Å²) >= 11 is 12.4. The summed E-state index contributed by atoms with van der Waals surface area (Å²) in [5.41, 5.74) is 3.07. The molecule has 5 heteroatoms. The molecular formula is C20H18Cl2N2O. The van der Waals surface area contributed by atoms with Gasteiger partial charge in [0.25, 0.3) is 0 Å². The van der Waals surface area contributed by atoms with Crippen molar-refractivity contribution < 1.29 is 4.74 Å². The van der Waals surface area contributed by atoms with Crippen LogP contribution >= 0.6 is 23.2 Å². The van der Waals surface area contributed by atoms with Crippen LogP contribution in [-0.2, 0) is 19.7 Å². The second-order valence-electron chi connectivity index (χ2n) is 5.56. The van der Waals surface area contributed by atoms with Gasteiger partial charge in [0, 0.05) is 46.7 Å². The first-order chi connectivity index (χ1) is 12.2. The lowest BCUT2D eigenvalue weighted by Gasteiger charge is -2.14. The van der Waals surface area contributed by atoms with E-state index in [0.29, 0.717) is 23.2 Å². The Kier molecular flexibility index (Phi) is 6.29. The Morgan fingerprint density at radius 3 is 2.32 bits per heavy atom. The van der Waals surface area contributed by atoms with Crippen molar-refractivity contribution in [2.45, 2.75) is 19.7 Å². The number of pyridine rings is 1. The van der Waals surface area contributed by atoms with Crippen molar-refractivity contribution in [1.29, 1.82) is 0 Å². The highest BCUT2D eigenvalue weighted by molar-refractivity contribution is 6.35. The molecule has 128 valence electrons. The average molecular weight is 373 g/mol. The molecule has 0 aliphatic rings. The minimum atomic E-state index is 0.333. The molecule has 3 aromatic rings. The molecule has 1 aromatic heterocycles. The van der Waals surface area contributed by atoms with E-state index in [4.69, 9.17) is 27.9 Å². The quantitative estimate of drug-likeness (QED) is 0.614. The molecule has 0 saturated heterocycles. The fraction of sp³-hybridized carbons (Fsp3) is 0.150. The molecule has 0 fully saturated rings. The van der Waals surface area contributed by atoms with Crippen molar-refractivity contribution in [3.8, 4) is 5.75 Å². The maximum atomic E-state index is 6.21. The van der Waals surface area contributed by atoms with Gasteiger partial charge < -0.3 is 10.1 Å². The van der Waals surface area contributed by atoms with Crippen LogP contribution in [0.25, 0.3) is 0 Å². The number of aromatic nitrogens is 1. The van der Waals surface area contributed by atoms with Crippen LogP contribution in [0.15, 0.2) is 67.0 Å². The predicted molar refractivity (Wildman–Crippen MR) is 102 cm³/mol. The molecular weight excluding hydrogens is 355 g/mol. The first kappa shape index (κ1) is 17.7. The van der Waals surface area contributed by atoms with Gasteiger partial charge in [-0.15, -0.1) is 0 Å². The van der Waals surface area contributed by atoms with Gasteiger partial charge in [-0.1, -0.05) is 47.5 Å². The highest BCUT2D eigenvalue weighted by Gasteiger charge is 2.08. The van der Waals surface area contributed by atoms with Crippen LogP contribution in [-0.4, -0.2) is 4.98 Å². The lowest BCUT2D eigenvalue weighted by Crippen LogP contribution is -2.13. The molecule has 0 aliphatic carbocycles. The van der Waals surface area contributed by atoms with E-state index < -0.39 is 0 Å². The van der Waals surface area contributed by atoms with E-state index in [9.17, 15) is 0 Å². The topological polar surface area (TPSA) is 34.1 Å². The third-order valence-electron chi connectivity index (χ3n) is 3.80. The van der Waals surface area contributed by atoms with Gasteiger partial charge in [-0.2, -0.15) is 0 Å². The van der Waals surface area contributed by atoms with Crippen LogP contribution in [0, 0.1) is 0 Å². The Labute approximate surface area is 157 Å². The zero-order valence-corrected chi connectivity index (χ0v) is 15.1. The Morgan fingerprint density at radius 1 is 0.840 bits per heavy atom. The molecule has 0 bridgehead atoms. The monoisotopic (exact) mass is 372 g/mol. The molecule has 0 radical (unpaired) electrons. The molecule has 0 atom stereocenters. The number of ether oxygens (including phenoxy) is 1. The van der Waals surface area contributed by atoms with E-state index >= 15 is 0 Å². The summed E-state index contributed by atoms with van der Waals surface area (Å²) in [5.74, 6) is 0.820. The van der Waals surface area contributed by atoms with Crippen LogP contribution in [0.5, 0.6) is 5.75 Å². The number of nitrogens with one attached hydrogen (secondary N) is 1. The summed E-state index contributed by atoms with van der Waals surface area (Å²) in [6.07, 6.45) is 3.59. The zero-order valence-electron chi connectivity index (χ0n) is 13.6. The van der Waals surface area contributed by atoms with E-state index in [1.54, 1.807) is 12.4 Å². The Hall–Kier alpha value is -2.07. The van der Waals surface area contributed by atoms with Gasteiger partial charge in [-0.25, -0.2) is 0 Å². The Bertz CT molecular complexity index is 805. The summed E-state index contributed by atoms with van der Waals surface area (Å²) in [6.45, 7) is 1.81. The lowest BCUT2D eigenvalue weighted by molar-refractivity contribution is 0.302. The van der Waals surface area contributed by atoms with Gasteiger partial charge in [0.1, 0.15) is 12.4 Å². The molecule has 3 nitrogen and oxygen atoms in total. The van der Waals surface area contributed by atoms with E-state index in [0.717, 1.165) is 23.4 Å². The van der Waals surface area contributed by atoms with Gasteiger partial charge in [0.15, 0.2) is 0 Å². The summed E-state index contributed by atoms with van der Waals surface area (Å²) < 4.78 is 5.97. The number of benzene rings is 2. The number of hydrogen-bond acceptors (Lipinski definition) is 3. The Balaban J connectivity index is 1.63. The summed E-state index contributed by atoms with van der Waals surface area (Å²) in [5, 5.41) is 4.64. The molecule has 25 heavy (non-hydrogen) atoms. The number of para-hydroxylation sites is 1. The second kappa shape index (κ2) is 8.86. The third kappa shape index (κ3) is 4.95. The van der Waals surface area contributed by atoms with E-state index in [1.807, 2.05) is 54.6 Å². The SMILES string of the molecule is Clc1cccc(Cl)c1COc1ccccc1CNCc1ccncc1. The van der Waals surface area contributed by atoms with Crippen LogP contribution in [0.4, 0.5) is 0 Å². The van der Waals surface area contributed by atoms with E-state index in [-0.39, 0.29) is 0 Å². The van der Waals surface area contributed by atoms with Gasteiger partial charge in [-0.3, -0.25) is 4.98 Å². The van der Waals surface area contributed by atoms with E-state index in [2.05, 4.69) is 10.3 Å². The highest BCUT2D eigenvalue weighted by atomic mass is 35.5. The normalized spacial score (nSPS) is 10.6. The third-order valence-corrected chi connectivity index (χ3v) is 4.51. The molecule has 1 heterocycles. The standard InChI is InChI=1S/C20H18Cl2N2O/c21-18-5-3-6-19(22)17(18)14-25-20-7-2-1-4-16(20)13-24-12-15-8-10-23-11-9-15/h1-11,24H,12-14H2. The predicted octanol–water partition coefficient (Wildman–Crippen LogP) is 5.26. The smallest absolute Gasteiger partial charge is 0.124 e. The number of hydrogen-bond donors (Lipinski definition) is 1. The molecule has 0 unspecified atom stereocenters. The van der Waals surface area contributed by atoms with Crippen LogP contribution < -0.4 is 10.1 Å². The first-order valence-corrected chi connectivity index (χ1v) is 8.73. The molecule has 0 saturated carbocycles. The maximum Gasteiger partial charge on any atom is 0.124 e. The number of rotatable bonds is 7. The van der Waals surface area contributed by atoms with E-state index in [1.165, 1.54) is 5.56 Å². The van der Waals surface area contributed by atoms with Crippen molar-refractivity contribution in [3.63, 3.8) is 0 Å². The number of nitrogens with zero attached hydrogens (tertiary/aromatic N) is 1. The van der Waals surface area contributed by atoms with Crippen LogP contribution in [0.1, 0.15) is 16.7 Å². The van der Waals surface area contributed by atoms with Crippen molar-refractivity contribution in [3.05, 3.63) is 93.7 Å². The highest BCUT2D eigenvalue weighted by Crippen LogP contribution is 2.27. The zero-order chi connectivity index (χ0) is 17.5. The largest absolute Gasteiger partial charge is 0.488 e. The van der Waals surface area contributed by atoms with Crippen molar-refractivity contribution in [2.24, 2.45) is 0 Å². The fourth-order valence-electron chi connectivity index (χ4n) is 2.45. The summed E-state index contributed by atoms with van der Waals surface area (Å²) in [4.78, 5) is 4.02. The first-order valence-electron chi connectivity index (χ1n) is 7.97. The molecule has 3 rings (SSSR count). The van der Waals surface area contributed by atoms with Gasteiger partial charge in [0.2, 0.25) is 0 Å². The minimum Gasteiger partial charge on any atom is -0.488 e. The molecule has 0 amide bonds. The molecule has 2 aromatic carbocycles. The lowest BCUT2D eigenvalue weighted by atomic mass is 10.2. The fourth-order valence-corrected chi connectivity index (χ4v) is 2.96. The summed E-state index contributed by atoms with van der Waals surface area (Å²) in [6, 6.07) is 17.4. The van der Waals surface area contributed by atoms with Crippen molar-refractivity contribution >= 4 is 23.2 Å². The molecule has 0 spiro atoms. The molecule has 1 N–H and O–H groups in total. The summed E-state index contributed by atoms with van der Waals surface area (Å²) in [7, 11) is 0. The minimum absolute atomic E-state index is 0.333. The average Bonchev–Trinajstić information content (AvgIpc) is 2.63. The van der Waals surface area contributed by atoms with Gasteiger partial charge >= 0.3 is 0 Å². The van der Waals surface area contributed by atoms with Gasteiger partial charge in [-0.05, 0) is 35.9 Å². The van der Waals surface area contributed by atoms with Crippen molar-refractivity contribution in [1.82, 2.24) is 10.3 Å². The van der Waals surface area contributed by atoms with Crippen molar-refractivity contribution in [2.75, 3.05) is 0 Å². The second-order valence-corrected chi connectivity index (χ2v) is 6.37. The van der Waals surface area contributed by atoms with Crippen LogP contribution in [0.3, 0.4) is 0 Å². The van der Waals surface area contributed by atoms with Gasteiger partial charge in [0.05, 0.1) is 0 Å². The number of halogens is 2. The maximum absolute atomic E-state index is 6.21. The van der Waals surface area contributed by atoms with Crippen LogP contribution in [0.2, 0.25) is 10.0 Å². The molecule has 0 aliphatic heterocycles.